The van der Waals surface area contributed by atoms with Crippen LogP contribution in [0.25, 0.3) is 0 Å². The maximum atomic E-state index is 13.0. The Morgan fingerprint density at radius 3 is 2.61 bits per heavy atom. The molecule has 4 heteroatoms. The fourth-order valence-electron chi connectivity index (χ4n) is 1.54. The molecule has 0 spiro atoms. The lowest BCUT2D eigenvalue weighted by Crippen LogP contribution is -2.04. The second-order valence-corrected chi connectivity index (χ2v) is 4.89. The normalized spacial score (nSPS) is 12.2. The molecule has 0 amide bonds. The number of ether oxygens (including phenoxy) is 1. The van der Waals surface area contributed by atoms with Crippen molar-refractivity contribution in [2.75, 3.05) is 0 Å². The molecule has 0 aliphatic carbocycles. The predicted octanol–water partition coefficient (Wildman–Crippen LogP) is 4.40. The molecular formula is C14H13BrFNO. The number of rotatable bonds is 3. The first-order valence-corrected chi connectivity index (χ1v) is 6.34. The highest BCUT2D eigenvalue weighted by Crippen LogP contribution is 2.31. The van der Waals surface area contributed by atoms with E-state index < -0.39 is 0 Å². The van der Waals surface area contributed by atoms with Gasteiger partial charge in [0.25, 0.3) is 0 Å². The lowest BCUT2D eigenvalue weighted by molar-refractivity contribution is 0.473. The minimum atomic E-state index is -0.323. The fourth-order valence-corrected chi connectivity index (χ4v) is 2.02. The van der Waals surface area contributed by atoms with Gasteiger partial charge in [-0.15, -0.1) is 0 Å². The van der Waals surface area contributed by atoms with Crippen LogP contribution in [0.4, 0.5) is 4.39 Å². The lowest BCUT2D eigenvalue weighted by atomic mass is 10.1. The summed E-state index contributed by atoms with van der Waals surface area (Å²) < 4.78 is 19.4. The van der Waals surface area contributed by atoms with E-state index in [0.29, 0.717) is 11.5 Å². The highest BCUT2D eigenvalue weighted by atomic mass is 79.9. The van der Waals surface area contributed by atoms with Gasteiger partial charge in [0.05, 0.1) is 4.47 Å². The van der Waals surface area contributed by atoms with Gasteiger partial charge in [0, 0.05) is 12.1 Å². The molecule has 2 rings (SSSR count). The molecule has 0 heterocycles. The smallest absolute Gasteiger partial charge is 0.141 e. The summed E-state index contributed by atoms with van der Waals surface area (Å²) in [5.74, 6) is 0.769. The first-order valence-electron chi connectivity index (χ1n) is 5.54. The number of hydrogen-bond donors (Lipinski definition) is 1. The third kappa shape index (κ3) is 3.09. The Hall–Kier alpha value is -1.39. The van der Waals surface area contributed by atoms with Gasteiger partial charge in [-0.05, 0) is 52.7 Å². The number of halogens is 2. The first-order chi connectivity index (χ1) is 8.56. The maximum absolute atomic E-state index is 13.0. The minimum absolute atomic E-state index is 0.0375. The van der Waals surface area contributed by atoms with Gasteiger partial charge >= 0.3 is 0 Å². The molecule has 0 radical (unpaired) electrons. The topological polar surface area (TPSA) is 35.2 Å². The number of nitrogens with two attached hydrogens (primary N) is 1. The van der Waals surface area contributed by atoms with E-state index in [9.17, 15) is 4.39 Å². The summed E-state index contributed by atoms with van der Waals surface area (Å²) in [6.07, 6.45) is 0. The molecule has 0 aromatic heterocycles. The van der Waals surface area contributed by atoms with Crippen LogP contribution >= 0.6 is 15.9 Å². The molecule has 18 heavy (non-hydrogen) atoms. The molecule has 0 fully saturated rings. The Kier molecular flexibility index (Phi) is 3.99. The van der Waals surface area contributed by atoms with E-state index in [0.717, 1.165) is 10.0 Å². The molecule has 0 aliphatic rings. The van der Waals surface area contributed by atoms with Crippen LogP contribution in [-0.2, 0) is 0 Å². The molecule has 0 unspecified atom stereocenters. The third-order valence-corrected chi connectivity index (χ3v) is 3.13. The first kappa shape index (κ1) is 13.1. The van der Waals surface area contributed by atoms with E-state index in [1.807, 2.05) is 25.1 Å². The Bertz CT molecular complexity index is 557. The van der Waals surface area contributed by atoms with Gasteiger partial charge in [-0.25, -0.2) is 4.39 Å². The average Bonchev–Trinajstić information content (AvgIpc) is 2.31. The van der Waals surface area contributed by atoms with Crippen LogP contribution in [0.5, 0.6) is 11.5 Å². The Labute approximate surface area is 114 Å². The van der Waals surface area contributed by atoms with Crippen molar-refractivity contribution >= 4 is 15.9 Å². The van der Waals surface area contributed by atoms with E-state index in [-0.39, 0.29) is 11.9 Å². The third-order valence-electron chi connectivity index (χ3n) is 2.51. The molecule has 2 aromatic carbocycles. The van der Waals surface area contributed by atoms with Crippen LogP contribution in [-0.4, -0.2) is 0 Å². The van der Waals surface area contributed by atoms with E-state index in [1.54, 1.807) is 12.1 Å². The van der Waals surface area contributed by atoms with Gasteiger partial charge in [-0.1, -0.05) is 12.1 Å². The molecule has 2 aromatic rings. The van der Waals surface area contributed by atoms with Crippen LogP contribution in [0.15, 0.2) is 46.9 Å². The second-order valence-electron chi connectivity index (χ2n) is 4.04. The molecule has 2 N–H and O–H groups in total. The summed E-state index contributed by atoms with van der Waals surface area (Å²) in [5.41, 5.74) is 6.80. The van der Waals surface area contributed by atoms with Crippen LogP contribution < -0.4 is 10.5 Å². The SMILES string of the molecule is C[C@H](N)c1ccc(Oc2cccc(F)c2)c(Br)c1. The van der Waals surface area contributed by atoms with Gasteiger partial charge in [0.15, 0.2) is 0 Å². The average molecular weight is 310 g/mol. The summed E-state index contributed by atoms with van der Waals surface area (Å²) >= 11 is 3.42. The van der Waals surface area contributed by atoms with Crippen molar-refractivity contribution in [1.82, 2.24) is 0 Å². The number of hydrogen-bond acceptors (Lipinski definition) is 2. The summed E-state index contributed by atoms with van der Waals surface area (Å²) in [6, 6.07) is 11.6. The standard InChI is InChI=1S/C14H13BrFNO/c1-9(17)10-5-6-14(13(15)7-10)18-12-4-2-3-11(16)8-12/h2-9H,17H2,1H3/t9-/m0/s1. The van der Waals surface area contributed by atoms with Gasteiger partial charge in [0.1, 0.15) is 17.3 Å². The van der Waals surface area contributed by atoms with Gasteiger partial charge in [-0.3, -0.25) is 0 Å². The van der Waals surface area contributed by atoms with E-state index in [1.165, 1.54) is 12.1 Å². The molecule has 94 valence electrons. The van der Waals surface area contributed by atoms with Crippen molar-refractivity contribution in [3.05, 3.63) is 58.3 Å². The molecule has 0 saturated carbocycles. The van der Waals surface area contributed by atoms with Crippen molar-refractivity contribution in [2.24, 2.45) is 5.73 Å². The van der Waals surface area contributed by atoms with E-state index in [4.69, 9.17) is 10.5 Å². The Balaban J connectivity index is 2.24. The van der Waals surface area contributed by atoms with Crippen LogP contribution in [0.3, 0.4) is 0 Å². The van der Waals surface area contributed by atoms with Crippen LogP contribution in [0.1, 0.15) is 18.5 Å². The molecular weight excluding hydrogens is 297 g/mol. The van der Waals surface area contributed by atoms with E-state index in [2.05, 4.69) is 15.9 Å². The fraction of sp³-hybridized carbons (Fsp3) is 0.143. The van der Waals surface area contributed by atoms with Gasteiger partial charge in [0.2, 0.25) is 0 Å². The van der Waals surface area contributed by atoms with Crippen LogP contribution in [0.2, 0.25) is 0 Å². The summed E-state index contributed by atoms with van der Waals surface area (Å²) in [5, 5.41) is 0. The monoisotopic (exact) mass is 309 g/mol. The van der Waals surface area contributed by atoms with Crippen LogP contribution in [0, 0.1) is 5.82 Å². The zero-order chi connectivity index (χ0) is 13.1. The quantitative estimate of drug-likeness (QED) is 0.912. The molecule has 1 atom stereocenters. The molecule has 0 aliphatic heterocycles. The zero-order valence-electron chi connectivity index (χ0n) is 9.86. The Morgan fingerprint density at radius 1 is 1.22 bits per heavy atom. The molecule has 2 nitrogen and oxygen atoms in total. The maximum Gasteiger partial charge on any atom is 0.141 e. The highest BCUT2D eigenvalue weighted by molar-refractivity contribution is 9.10. The second kappa shape index (κ2) is 5.50. The Morgan fingerprint density at radius 2 is 2.00 bits per heavy atom. The summed E-state index contributed by atoms with van der Waals surface area (Å²) in [7, 11) is 0. The summed E-state index contributed by atoms with van der Waals surface area (Å²) in [4.78, 5) is 0. The number of benzene rings is 2. The van der Waals surface area contributed by atoms with E-state index >= 15 is 0 Å². The largest absolute Gasteiger partial charge is 0.456 e. The minimum Gasteiger partial charge on any atom is -0.456 e. The van der Waals surface area contributed by atoms with Crippen molar-refractivity contribution in [3.8, 4) is 11.5 Å². The highest BCUT2D eigenvalue weighted by Gasteiger charge is 2.07. The lowest BCUT2D eigenvalue weighted by Gasteiger charge is -2.11. The zero-order valence-corrected chi connectivity index (χ0v) is 11.4. The van der Waals surface area contributed by atoms with Crippen molar-refractivity contribution in [1.29, 1.82) is 0 Å². The molecule has 0 bridgehead atoms. The summed E-state index contributed by atoms with van der Waals surface area (Å²) in [6.45, 7) is 1.91. The van der Waals surface area contributed by atoms with Gasteiger partial charge in [-0.2, -0.15) is 0 Å². The predicted molar refractivity (Wildman–Crippen MR) is 73.2 cm³/mol. The van der Waals surface area contributed by atoms with Crippen molar-refractivity contribution in [3.63, 3.8) is 0 Å². The van der Waals surface area contributed by atoms with Gasteiger partial charge < -0.3 is 10.5 Å². The molecule has 0 saturated heterocycles. The van der Waals surface area contributed by atoms with Crippen molar-refractivity contribution in [2.45, 2.75) is 13.0 Å². The van der Waals surface area contributed by atoms with Crippen molar-refractivity contribution < 1.29 is 9.13 Å².